The fourth-order valence-electron chi connectivity index (χ4n) is 4.37. The first-order chi connectivity index (χ1) is 17.9. The quantitative estimate of drug-likeness (QED) is 0.221. The number of carbonyl (C=O) groups is 1. The summed E-state index contributed by atoms with van der Waals surface area (Å²) in [7, 11) is 0. The first kappa shape index (κ1) is 23.0. The molecule has 0 saturated carbocycles. The van der Waals surface area contributed by atoms with E-state index >= 15 is 4.39 Å². The number of halogens is 1. The topological polar surface area (TPSA) is 112 Å². The zero-order valence-electron chi connectivity index (χ0n) is 20.3. The van der Waals surface area contributed by atoms with Gasteiger partial charge in [-0.05, 0) is 57.2 Å². The monoisotopic (exact) mass is 511 g/mol. The lowest BCUT2D eigenvalue weighted by atomic mass is 10.0. The Kier molecular flexibility index (Phi) is 5.53. The lowest BCUT2D eigenvalue weighted by molar-refractivity contribution is 0.102. The number of nitrogens with one attached hydrogen (secondary N) is 3. The highest BCUT2D eigenvalue weighted by molar-refractivity contribution is 7.17. The maximum atomic E-state index is 16.0. The summed E-state index contributed by atoms with van der Waals surface area (Å²) < 4.78 is 16.0. The van der Waals surface area contributed by atoms with E-state index in [1.54, 1.807) is 37.6 Å². The first-order valence-electron chi connectivity index (χ1n) is 11.7. The van der Waals surface area contributed by atoms with E-state index in [0.717, 1.165) is 16.1 Å². The summed E-state index contributed by atoms with van der Waals surface area (Å²) in [4.78, 5) is 30.0. The summed E-state index contributed by atoms with van der Waals surface area (Å²) in [6, 6.07) is 11.2. The van der Waals surface area contributed by atoms with Crippen molar-refractivity contribution in [1.82, 2.24) is 30.1 Å². The van der Waals surface area contributed by atoms with Gasteiger partial charge in [0.05, 0.1) is 27.0 Å². The summed E-state index contributed by atoms with van der Waals surface area (Å²) in [5.74, 6) is -0.00136. The van der Waals surface area contributed by atoms with Gasteiger partial charge in [0.25, 0.3) is 0 Å². The third kappa shape index (κ3) is 4.05. The molecule has 6 aromatic rings. The molecule has 0 fully saturated rings. The van der Waals surface area contributed by atoms with E-state index < -0.39 is 5.82 Å². The van der Waals surface area contributed by atoms with Crippen LogP contribution in [0.4, 0.5) is 10.1 Å². The molecule has 0 aliphatic rings. The molecule has 5 heterocycles. The van der Waals surface area contributed by atoms with Crippen molar-refractivity contribution in [1.29, 1.82) is 0 Å². The second kappa shape index (κ2) is 8.90. The van der Waals surface area contributed by atoms with Gasteiger partial charge in [-0.3, -0.25) is 14.9 Å². The number of pyridine rings is 2. The molecule has 0 aliphatic heterocycles. The van der Waals surface area contributed by atoms with Crippen LogP contribution in [0.15, 0.2) is 55.0 Å². The van der Waals surface area contributed by atoms with Gasteiger partial charge in [0.1, 0.15) is 11.5 Å². The molecule has 5 aromatic heterocycles. The molecule has 0 spiro atoms. The average Bonchev–Trinajstić information content (AvgIpc) is 3.61. The van der Waals surface area contributed by atoms with E-state index in [4.69, 9.17) is 0 Å². The van der Waals surface area contributed by atoms with Crippen molar-refractivity contribution in [3.63, 3.8) is 0 Å². The molecule has 37 heavy (non-hydrogen) atoms. The second-order valence-corrected chi connectivity index (χ2v) is 10.1. The lowest BCUT2D eigenvalue weighted by Crippen LogP contribution is -2.09. The molecule has 0 aliphatic carbocycles. The predicted octanol–water partition coefficient (Wildman–Crippen LogP) is 6.45. The molecule has 0 unspecified atom stereocenters. The van der Waals surface area contributed by atoms with E-state index in [1.807, 2.05) is 38.1 Å². The third-order valence-corrected chi connectivity index (χ3v) is 7.23. The van der Waals surface area contributed by atoms with E-state index in [0.29, 0.717) is 49.6 Å². The number of rotatable bonds is 6. The number of imidazole rings is 1. The fraction of sp³-hybridized carbons (Fsp3) is 0.148. The zero-order chi connectivity index (χ0) is 25.7. The first-order valence-corrected chi connectivity index (χ1v) is 12.6. The fourth-order valence-corrected chi connectivity index (χ4v) is 5.30. The smallest absolute Gasteiger partial charge is 0.178 e. The number of ketones is 1. The molecular formula is C27H22FN7OS. The van der Waals surface area contributed by atoms with Crippen LogP contribution in [0.5, 0.6) is 0 Å². The summed E-state index contributed by atoms with van der Waals surface area (Å²) in [6.45, 7) is 5.61. The third-order valence-electron chi connectivity index (χ3n) is 6.01. The number of hydrogen-bond acceptors (Lipinski definition) is 7. The average molecular weight is 512 g/mol. The van der Waals surface area contributed by atoms with Crippen LogP contribution < -0.4 is 5.32 Å². The minimum Gasteiger partial charge on any atom is -0.382 e. The van der Waals surface area contributed by atoms with Crippen molar-refractivity contribution < 1.29 is 9.18 Å². The number of nitrogens with zero attached hydrogens (tertiary/aromatic N) is 4. The highest BCUT2D eigenvalue weighted by Crippen LogP contribution is 2.36. The normalized spacial score (nSPS) is 11.6. The number of thiophene rings is 1. The Hall–Kier alpha value is -4.44. The molecule has 6 rings (SSSR count). The maximum absolute atomic E-state index is 16.0. The van der Waals surface area contributed by atoms with Crippen LogP contribution in [0.2, 0.25) is 0 Å². The van der Waals surface area contributed by atoms with Gasteiger partial charge in [-0.15, -0.1) is 11.3 Å². The molecule has 3 N–H and O–H groups in total. The highest BCUT2D eigenvalue weighted by Gasteiger charge is 2.21. The Morgan fingerprint density at radius 2 is 1.97 bits per heavy atom. The SMILES string of the molecule is CC(=O)c1ccc(-c2ccnc3nc(-c4n[nH]c5ccc(-c6cncc(NC(C)C)c6)c(F)c45)[nH]c23)s1. The van der Waals surface area contributed by atoms with Crippen molar-refractivity contribution in [3.8, 4) is 33.1 Å². The van der Waals surface area contributed by atoms with Gasteiger partial charge in [0, 0.05) is 46.2 Å². The number of H-pyrrole nitrogens is 2. The molecule has 0 amide bonds. The summed E-state index contributed by atoms with van der Waals surface area (Å²) in [5, 5.41) is 10.9. The molecule has 0 saturated heterocycles. The van der Waals surface area contributed by atoms with Crippen LogP contribution in [0.25, 0.3) is 55.2 Å². The Labute approximate surface area is 215 Å². The van der Waals surface area contributed by atoms with Crippen LogP contribution in [0.3, 0.4) is 0 Å². The lowest BCUT2D eigenvalue weighted by Gasteiger charge is -2.11. The van der Waals surface area contributed by atoms with Crippen LogP contribution >= 0.6 is 11.3 Å². The van der Waals surface area contributed by atoms with Gasteiger partial charge < -0.3 is 10.3 Å². The molecule has 184 valence electrons. The van der Waals surface area contributed by atoms with Crippen LogP contribution in [0, 0.1) is 5.82 Å². The number of fused-ring (bicyclic) bond motifs is 2. The number of aromatic nitrogens is 6. The van der Waals surface area contributed by atoms with Crippen LogP contribution in [0.1, 0.15) is 30.4 Å². The van der Waals surface area contributed by atoms with E-state index in [9.17, 15) is 4.79 Å². The summed E-state index contributed by atoms with van der Waals surface area (Å²) in [6.07, 6.45) is 5.03. The Balaban J connectivity index is 1.47. The van der Waals surface area contributed by atoms with Crippen molar-refractivity contribution in [2.24, 2.45) is 0 Å². The molecule has 0 atom stereocenters. The Morgan fingerprint density at radius 1 is 1.11 bits per heavy atom. The molecule has 0 radical (unpaired) electrons. The summed E-state index contributed by atoms with van der Waals surface area (Å²) in [5.41, 5.74) is 4.84. The van der Waals surface area contributed by atoms with E-state index in [1.165, 1.54) is 11.3 Å². The van der Waals surface area contributed by atoms with Crippen molar-refractivity contribution in [2.75, 3.05) is 5.32 Å². The zero-order valence-corrected chi connectivity index (χ0v) is 21.1. The predicted molar refractivity (Wildman–Crippen MR) is 144 cm³/mol. The van der Waals surface area contributed by atoms with Crippen LogP contribution in [-0.2, 0) is 0 Å². The number of aromatic amines is 2. The Morgan fingerprint density at radius 3 is 2.76 bits per heavy atom. The number of hydrogen-bond donors (Lipinski definition) is 3. The van der Waals surface area contributed by atoms with Crippen molar-refractivity contribution >= 4 is 44.9 Å². The largest absolute Gasteiger partial charge is 0.382 e. The number of anilines is 1. The van der Waals surface area contributed by atoms with Gasteiger partial charge in [0.2, 0.25) is 0 Å². The summed E-state index contributed by atoms with van der Waals surface area (Å²) >= 11 is 1.41. The van der Waals surface area contributed by atoms with E-state index in [-0.39, 0.29) is 11.8 Å². The maximum Gasteiger partial charge on any atom is 0.178 e. The van der Waals surface area contributed by atoms with Gasteiger partial charge in [-0.25, -0.2) is 14.4 Å². The van der Waals surface area contributed by atoms with Crippen molar-refractivity contribution in [3.05, 3.63) is 65.7 Å². The number of Topliss-reactive ketones (excluding diaryl/α,β-unsaturated/α-hetero) is 1. The standard InChI is InChI=1S/C27H22FN7OS/c1-13(2)31-16-10-15(11-29-12-16)17-4-5-19-22(23(17)28)25(35-34-19)27-32-24-18(8-9-30-26(24)33-27)21-7-6-20(37-21)14(3)36/h4-13,31H,1-3H3,(H,34,35)(H,30,32,33). The van der Waals surface area contributed by atoms with Crippen LogP contribution in [-0.4, -0.2) is 42.0 Å². The highest BCUT2D eigenvalue weighted by atomic mass is 32.1. The minimum atomic E-state index is -0.414. The molecule has 1 aromatic carbocycles. The number of carbonyl (C=O) groups excluding carboxylic acids is 1. The molecular weight excluding hydrogens is 489 g/mol. The van der Waals surface area contributed by atoms with Gasteiger partial charge in [-0.1, -0.05) is 0 Å². The molecule has 0 bridgehead atoms. The minimum absolute atomic E-state index is 0.0156. The molecule has 8 nitrogen and oxygen atoms in total. The van der Waals surface area contributed by atoms with E-state index in [2.05, 4.69) is 35.5 Å². The Bertz CT molecular complexity index is 1800. The van der Waals surface area contributed by atoms with Gasteiger partial charge >= 0.3 is 0 Å². The molecule has 10 heteroatoms. The van der Waals surface area contributed by atoms with Crippen molar-refractivity contribution in [2.45, 2.75) is 26.8 Å². The van der Waals surface area contributed by atoms with Gasteiger partial charge in [0.15, 0.2) is 17.3 Å². The van der Waals surface area contributed by atoms with Gasteiger partial charge in [-0.2, -0.15) is 5.10 Å². The number of benzene rings is 1. The second-order valence-electron chi connectivity index (χ2n) is 9.05.